The molecule has 0 N–H and O–H groups in total. The minimum atomic E-state index is -2.88. The lowest BCUT2D eigenvalue weighted by atomic mass is 10.4. The van der Waals surface area contributed by atoms with Crippen LogP contribution in [0.15, 0.2) is 243 Å². The first-order valence-electron chi connectivity index (χ1n) is 18.8. The molecule has 0 aromatic heterocycles. The van der Waals surface area contributed by atoms with Gasteiger partial charge in [-0.15, -0.1) is 0 Å². The molecule has 0 nitrogen and oxygen atoms in total. The summed E-state index contributed by atoms with van der Waals surface area (Å²) in [5.41, 5.74) is 0. The normalized spacial score (nSPS) is 11.8. The van der Waals surface area contributed by atoms with Crippen molar-refractivity contribution in [2.75, 3.05) is 11.6 Å². The highest BCUT2D eigenvalue weighted by molar-refractivity contribution is 7.83. The molecule has 0 unspecified atom stereocenters. The van der Waals surface area contributed by atoms with E-state index in [0.717, 1.165) is 11.6 Å². The Morgan fingerprint density at radius 1 is 0.222 bits per heavy atom. The van der Waals surface area contributed by atoms with E-state index in [-0.39, 0.29) is 0 Å². The van der Waals surface area contributed by atoms with Gasteiger partial charge in [-0.3, -0.25) is 0 Å². The maximum absolute atomic E-state index is 2.88. The molecule has 0 heterocycles. The predicted octanol–water partition coefficient (Wildman–Crippen LogP) is 7.94. The van der Waals surface area contributed by atoms with Crippen molar-refractivity contribution >= 4 is 73.0 Å². The van der Waals surface area contributed by atoms with E-state index in [9.17, 15) is 0 Å². The van der Waals surface area contributed by atoms with Gasteiger partial charge in [-0.2, -0.15) is 0 Å². The molecule has 262 valence electrons. The third kappa shape index (κ3) is 7.16. The van der Waals surface area contributed by atoms with Gasteiger partial charge in [0.25, 0.3) is 0 Å². The zero-order valence-electron chi connectivity index (χ0n) is 30.4. The first-order valence-corrected chi connectivity index (χ1v) is 27.2. The highest BCUT2D eigenvalue weighted by atomic mass is 31.1. The number of hydrogen-bond donors (Lipinski definition) is 0. The highest BCUT2D eigenvalue weighted by Crippen LogP contribution is 2.44. The monoisotopic (exact) mass is 762 g/mol. The van der Waals surface area contributed by atoms with Gasteiger partial charge in [0.15, 0.2) is 0 Å². The van der Waals surface area contributed by atoms with Gasteiger partial charge in [-0.25, -0.2) is 0 Å². The van der Waals surface area contributed by atoms with Gasteiger partial charge in [0.1, 0.15) is 15.2 Å². The van der Waals surface area contributed by atoms with Gasteiger partial charge in [-0.1, -0.05) is 263 Å². The molecule has 0 fully saturated rings. The largest absolute Gasteiger partial charge is 0.126 e. The molecule has 8 rings (SSSR count). The van der Waals surface area contributed by atoms with Gasteiger partial charge in [0, 0.05) is 0 Å². The van der Waals surface area contributed by atoms with Crippen LogP contribution in [0.2, 0.25) is 0 Å². The molecule has 8 aromatic carbocycles. The van der Waals surface area contributed by atoms with Gasteiger partial charge in [-0.05, 0) is 48.6 Å². The lowest BCUT2D eigenvalue weighted by Gasteiger charge is -2.52. The Hall–Kier alpha value is -4.95. The van der Waals surface area contributed by atoms with E-state index >= 15 is 0 Å². The minimum absolute atomic E-state index is 0.761. The van der Waals surface area contributed by atoms with Crippen LogP contribution in [0.4, 0.5) is 0 Å². The molecule has 0 saturated heterocycles. The lowest BCUT2D eigenvalue weighted by molar-refractivity contribution is 1.64. The second-order valence-electron chi connectivity index (χ2n) is 13.8. The van der Waals surface area contributed by atoms with Crippen LogP contribution in [-0.4, -0.2) is 26.8 Å². The van der Waals surface area contributed by atoms with E-state index in [1.54, 1.807) is 0 Å². The van der Waals surface area contributed by atoms with Crippen LogP contribution in [0.1, 0.15) is 0 Å². The maximum atomic E-state index is 2.50. The molecule has 0 atom stereocenters. The minimum Gasteiger partial charge on any atom is -0.0628 e. The molecular formula is C50H44P2Si2. The Bertz CT molecular complexity index is 1980. The summed E-state index contributed by atoms with van der Waals surface area (Å²) < 4.78 is 0. The molecule has 0 aliphatic rings. The van der Waals surface area contributed by atoms with Gasteiger partial charge in [0.2, 0.25) is 0 Å². The van der Waals surface area contributed by atoms with Gasteiger partial charge >= 0.3 is 0 Å². The maximum Gasteiger partial charge on any atom is 0.126 e. The molecule has 0 saturated carbocycles. The Labute approximate surface area is 325 Å². The Morgan fingerprint density at radius 3 is 0.574 bits per heavy atom. The Morgan fingerprint density at radius 2 is 0.389 bits per heavy atom. The van der Waals surface area contributed by atoms with Gasteiger partial charge < -0.3 is 0 Å². The molecule has 8 aromatic rings. The second kappa shape index (κ2) is 17.0. The molecule has 4 heteroatoms. The summed E-state index contributed by atoms with van der Waals surface area (Å²) in [6, 6.07) is 93.0. The first-order chi connectivity index (χ1) is 26.8. The van der Waals surface area contributed by atoms with Crippen molar-refractivity contribution in [1.29, 1.82) is 0 Å². The van der Waals surface area contributed by atoms with Crippen LogP contribution < -0.4 is 42.0 Å². The third-order valence-corrected chi connectivity index (χ3v) is 38.3. The lowest BCUT2D eigenvalue weighted by Crippen LogP contribution is -2.89. The van der Waals surface area contributed by atoms with E-state index in [1.165, 1.54) is 42.0 Å². The average molecular weight is 763 g/mol. The summed E-state index contributed by atoms with van der Waals surface area (Å²) in [5, 5.41) is 11.9. The van der Waals surface area contributed by atoms with Crippen molar-refractivity contribution in [3.63, 3.8) is 0 Å². The van der Waals surface area contributed by atoms with Crippen LogP contribution in [0.5, 0.6) is 0 Å². The first kappa shape index (κ1) is 36.1. The molecule has 0 bridgehead atoms. The zero-order valence-corrected chi connectivity index (χ0v) is 34.2. The fourth-order valence-corrected chi connectivity index (χ4v) is 44.2. The SMILES string of the molecule is c1ccc(P(C[Si](c2ccccc2)(c2ccccc2)[Si](CP(c2ccccc2)c2ccccc2)(c2ccccc2)c2ccccc2)c2ccccc2)cc1. The summed E-state index contributed by atoms with van der Waals surface area (Å²) >= 11 is 0. The van der Waals surface area contributed by atoms with Crippen molar-refractivity contribution in [2.24, 2.45) is 0 Å². The average Bonchev–Trinajstić information content (AvgIpc) is 3.27. The smallest absolute Gasteiger partial charge is 0.0628 e. The number of rotatable bonds is 13. The standard InChI is InChI=1S/C50H44P2Si2/c1-9-25-43(26-10-1)51(44-27-11-2-12-28-44)41-53(47-33-17-5-18-34-47,48-35-19-6-20-36-48)54(49-37-21-7-22-38-49,50-39-23-8-24-40-50)42-52(45-29-13-3-14-30-45)46-31-15-4-16-32-46/h1-40H,41-42H2. The molecule has 0 aliphatic heterocycles. The van der Waals surface area contributed by atoms with Crippen LogP contribution in [0, 0.1) is 0 Å². The Balaban J connectivity index is 1.55. The van der Waals surface area contributed by atoms with Crippen molar-refractivity contribution in [3.05, 3.63) is 243 Å². The summed E-state index contributed by atoms with van der Waals surface area (Å²) in [7, 11) is -7.29. The van der Waals surface area contributed by atoms with E-state index in [0.29, 0.717) is 0 Å². The fourth-order valence-electron chi connectivity index (χ4n) is 8.41. The third-order valence-electron chi connectivity index (χ3n) is 10.9. The molecule has 54 heavy (non-hydrogen) atoms. The molecule has 0 amide bonds. The molecule has 0 radical (unpaired) electrons. The van der Waals surface area contributed by atoms with Crippen LogP contribution >= 0.6 is 15.8 Å². The van der Waals surface area contributed by atoms with Crippen molar-refractivity contribution < 1.29 is 0 Å². The van der Waals surface area contributed by atoms with Crippen molar-refractivity contribution in [2.45, 2.75) is 0 Å². The highest BCUT2D eigenvalue weighted by Gasteiger charge is 2.60. The van der Waals surface area contributed by atoms with E-state index in [4.69, 9.17) is 0 Å². The fraction of sp³-hybridized carbons (Fsp3) is 0.0400. The molecule has 0 spiro atoms. The van der Waals surface area contributed by atoms with Gasteiger partial charge in [0.05, 0.1) is 0 Å². The van der Waals surface area contributed by atoms with E-state index in [2.05, 4.69) is 243 Å². The second-order valence-corrected chi connectivity index (χ2v) is 31.1. The quantitative estimate of drug-likeness (QED) is 0.0828. The summed E-state index contributed by atoms with van der Waals surface area (Å²) in [5.74, 6) is 2.21. The predicted molar refractivity (Wildman–Crippen MR) is 244 cm³/mol. The molecular weight excluding hydrogens is 719 g/mol. The Kier molecular flexibility index (Phi) is 11.4. The van der Waals surface area contributed by atoms with Crippen LogP contribution in [-0.2, 0) is 0 Å². The molecule has 0 aliphatic carbocycles. The summed E-state index contributed by atoms with van der Waals surface area (Å²) in [6.07, 6.45) is 0. The van der Waals surface area contributed by atoms with E-state index in [1.807, 2.05) is 0 Å². The topological polar surface area (TPSA) is 0 Å². The summed E-state index contributed by atoms with van der Waals surface area (Å²) in [6.45, 7) is 0. The zero-order chi connectivity index (χ0) is 36.5. The summed E-state index contributed by atoms with van der Waals surface area (Å²) in [4.78, 5) is 0. The van der Waals surface area contributed by atoms with Crippen LogP contribution in [0.25, 0.3) is 0 Å². The number of hydrogen-bond acceptors (Lipinski definition) is 0. The van der Waals surface area contributed by atoms with Crippen molar-refractivity contribution in [1.82, 2.24) is 0 Å². The van der Waals surface area contributed by atoms with E-state index < -0.39 is 31.0 Å². The van der Waals surface area contributed by atoms with Crippen LogP contribution in [0.3, 0.4) is 0 Å². The van der Waals surface area contributed by atoms with Crippen molar-refractivity contribution in [3.8, 4) is 0 Å². The number of benzene rings is 8.